The Balaban J connectivity index is 3.11. The Hall–Kier alpha value is -1.48. The number of carbonyl (C=O) groups excluding carboxylic acids is 1. The van der Waals surface area contributed by atoms with Crippen molar-refractivity contribution in [2.75, 3.05) is 7.11 Å². The van der Waals surface area contributed by atoms with Crippen molar-refractivity contribution in [1.82, 2.24) is 0 Å². The Kier molecular flexibility index (Phi) is 3.34. The first-order chi connectivity index (χ1) is 6.29. The number of methoxy groups -OCH3 is 1. The summed E-state index contributed by atoms with van der Waals surface area (Å²) in [7, 11) is 1.37. The van der Waals surface area contributed by atoms with Crippen LogP contribution in [0.25, 0.3) is 0 Å². The molecule has 0 saturated carbocycles. The Morgan fingerprint density at radius 3 is 2.85 bits per heavy atom. The standard InChI is InChI=1S/C9H9NO3/c1-13-9(12)7-4-2-3-5-8(7)10-6-11/h2-5,9,12H,1H3. The van der Waals surface area contributed by atoms with E-state index in [-0.39, 0.29) is 0 Å². The summed E-state index contributed by atoms with van der Waals surface area (Å²) in [5.74, 6) is 0. The van der Waals surface area contributed by atoms with Gasteiger partial charge in [-0.2, -0.15) is 4.99 Å². The van der Waals surface area contributed by atoms with E-state index in [9.17, 15) is 9.90 Å². The molecule has 68 valence electrons. The van der Waals surface area contributed by atoms with Gasteiger partial charge in [-0.3, -0.25) is 0 Å². The summed E-state index contributed by atoms with van der Waals surface area (Å²) < 4.78 is 4.69. The van der Waals surface area contributed by atoms with Crippen LogP contribution < -0.4 is 0 Å². The van der Waals surface area contributed by atoms with Gasteiger partial charge in [-0.25, -0.2) is 4.79 Å². The number of aliphatic hydroxyl groups excluding tert-OH is 1. The smallest absolute Gasteiger partial charge is 0.240 e. The minimum Gasteiger partial charge on any atom is -0.364 e. The number of para-hydroxylation sites is 1. The van der Waals surface area contributed by atoms with Gasteiger partial charge in [0.05, 0.1) is 5.69 Å². The molecule has 0 aliphatic heterocycles. The Morgan fingerprint density at radius 2 is 2.23 bits per heavy atom. The number of ether oxygens (including phenoxy) is 1. The maximum absolute atomic E-state index is 10.0. The van der Waals surface area contributed by atoms with E-state index in [4.69, 9.17) is 0 Å². The molecule has 0 aromatic heterocycles. The van der Waals surface area contributed by atoms with Crippen molar-refractivity contribution in [2.45, 2.75) is 6.29 Å². The van der Waals surface area contributed by atoms with E-state index in [1.165, 1.54) is 13.2 Å². The van der Waals surface area contributed by atoms with Crippen molar-refractivity contribution in [3.05, 3.63) is 29.8 Å². The van der Waals surface area contributed by atoms with Crippen LogP contribution >= 0.6 is 0 Å². The molecule has 1 aromatic carbocycles. The molecule has 0 amide bonds. The van der Waals surface area contributed by atoms with Crippen LogP contribution in [0.5, 0.6) is 0 Å². The maximum Gasteiger partial charge on any atom is 0.240 e. The van der Waals surface area contributed by atoms with Crippen LogP contribution in [0.4, 0.5) is 5.69 Å². The van der Waals surface area contributed by atoms with Crippen LogP contribution in [0.1, 0.15) is 11.9 Å². The van der Waals surface area contributed by atoms with Crippen molar-refractivity contribution in [1.29, 1.82) is 0 Å². The Labute approximate surface area is 75.5 Å². The lowest BCUT2D eigenvalue weighted by atomic mass is 10.2. The van der Waals surface area contributed by atoms with Crippen molar-refractivity contribution in [3.63, 3.8) is 0 Å². The summed E-state index contributed by atoms with van der Waals surface area (Å²) in [4.78, 5) is 13.5. The molecule has 13 heavy (non-hydrogen) atoms. The Bertz CT molecular complexity index is 331. The first kappa shape index (κ1) is 9.61. The van der Waals surface area contributed by atoms with Gasteiger partial charge in [-0.15, -0.1) is 0 Å². The molecule has 1 aromatic rings. The molecule has 4 heteroatoms. The number of nitrogens with zero attached hydrogens (tertiary/aromatic N) is 1. The summed E-state index contributed by atoms with van der Waals surface area (Å²) in [6, 6.07) is 6.66. The number of aliphatic imine (C=N–C) groups is 1. The van der Waals surface area contributed by atoms with Gasteiger partial charge in [-0.05, 0) is 6.07 Å². The molecule has 0 aliphatic rings. The average Bonchev–Trinajstić information content (AvgIpc) is 2.18. The molecule has 1 atom stereocenters. The van der Waals surface area contributed by atoms with Gasteiger partial charge in [0.15, 0.2) is 6.29 Å². The molecule has 0 aliphatic carbocycles. The van der Waals surface area contributed by atoms with E-state index in [2.05, 4.69) is 9.73 Å². The predicted molar refractivity (Wildman–Crippen MR) is 46.2 cm³/mol. The molecule has 0 bridgehead atoms. The van der Waals surface area contributed by atoms with E-state index >= 15 is 0 Å². The summed E-state index contributed by atoms with van der Waals surface area (Å²) >= 11 is 0. The summed E-state index contributed by atoms with van der Waals surface area (Å²) in [6.45, 7) is 0. The number of rotatable bonds is 3. The van der Waals surface area contributed by atoms with Crippen LogP contribution in [0.3, 0.4) is 0 Å². The van der Waals surface area contributed by atoms with E-state index in [1.54, 1.807) is 24.3 Å². The lowest BCUT2D eigenvalue weighted by Gasteiger charge is -2.09. The molecule has 0 heterocycles. The first-order valence-corrected chi connectivity index (χ1v) is 3.67. The molecule has 0 radical (unpaired) electrons. The predicted octanol–water partition coefficient (Wildman–Crippen LogP) is 1.29. The second kappa shape index (κ2) is 4.52. The third-order valence-electron chi connectivity index (χ3n) is 1.59. The van der Waals surface area contributed by atoms with Crippen molar-refractivity contribution in [2.24, 2.45) is 4.99 Å². The third kappa shape index (κ3) is 2.23. The zero-order chi connectivity index (χ0) is 9.68. The lowest BCUT2D eigenvalue weighted by Crippen LogP contribution is -1.99. The molecule has 1 unspecified atom stereocenters. The fourth-order valence-corrected chi connectivity index (χ4v) is 0.974. The Morgan fingerprint density at radius 1 is 1.54 bits per heavy atom. The quantitative estimate of drug-likeness (QED) is 0.432. The van der Waals surface area contributed by atoms with Gasteiger partial charge in [0.25, 0.3) is 0 Å². The van der Waals surface area contributed by atoms with E-state index in [0.29, 0.717) is 11.3 Å². The largest absolute Gasteiger partial charge is 0.364 e. The highest BCUT2D eigenvalue weighted by Crippen LogP contribution is 2.24. The van der Waals surface area contributed by atoms with Gasteiger partial charge < -0.3 is 9.84 Å². The van der Waals surface area contributed by atoms with Gasteiger partial charge >= 0.3 is 0 Å². The highest BCUT2D eigenvalue weighted by atomic mass is 16.6. The average molecular weight is 179 g/mol. The third-order valence-corrected chi connectivity index (χ3v) is 1.59. The van der Waals surface area contributed by atoms with Gasteiger partial charge in [-0.1, -0.05) is 18.2 Å². The van der Waals surface area contributed by atoms with Crippen LogP contribution in [-0.2, 0) is 9.53 Å². The number of aliphatic hydroxyl groups is 1. The first-order valence-electron chi connectivity index (χ1n) is 3.67. The minimum atomic E-state index is -1.06. The van der Waals surface area contributed by atoms with Gasteiger partial charge in [0, 0.05) is 12.7 Å². The molecule has 0 fully saturated rings. The van der Waals surface area contributed by atoms with Crippen LogP contribution in [0.15, 0.2) is 29.3 Å². The topological polar surface area (TPSA) is 58.9 Å². The van der Waals surface area contributed by atoms with Crippen molar-refractivity contribution >= 4 is 11.8 Å². The van der Waals surface area contributed by atoms with Crippen molar-refractivity contribution < 1.29 is 14.6 Å². The number of benzene rings is 1. The molecule has 1 N–H and O–H groups in total. The minimum absolute atomic E-state index is 0.367. The number of hydrogen-bond donors (Lipinski definition) is 1. The van der Waals surface area contributed by atoms with Crippen LogP contribution in [-0.4, -0.2) is 18.3 Å². The lowest BCUT2D eigenvalue weighted by molar-refractivity contribution is -0.0764. The maximum atomic E-state index is 10.0. The summed E-state index contributed by atoms with van der Waals surface area (Å²) in [5.41, 5.74) is 0.820. The second-order valence-corrected chi connectivity index (χ2v) is 2.35. The fourth-order valence-electron chi connectivity index (χ4n) is 0.974. The molecule has 1 rings (SSSR count). The van der Waals surface area contributed by atoms with E-state index < -0.39 is 6.29 Å². The van der Waals surface area contributed by atoms with Crippen LogP contribution in [0, 0.1) is 0 Å². The highest BCUT2D eigenvalue weighted by molar-refractivity contribution is 5.53. The molecular weight excluding hydrogens is 170 g/mol. The fraction of sp³-hybridized carbons (Fsp3) is 0.222. The second-order valence-electron chi connectivity index (χ2n) is 2.35. The zero-order valence-corrected chi connectivity index (χ0v) is 7.10. The molecular formula is C9H9NO3. The summed E-state index contributed by atoms with van der Waals surface area (Å²) in [5, 5.41) is 9.32. The van der Waals surface area contributed by atoms with Crippen molar-refractivity contribution in [3.8, 4) is 0 Å². The monoisotopic (exact) mass is 179 g/mol. The molecule has 0 saturated heterocycles. The van der Waals surface area contributed by atoms with Gasteiger partial charge in [0.2, 0.25) is 6.08 Å². The normalized spacial score (nSPS) is 11.8. The molecule has 0 spiro atoms. The summed E-state index contributed by atoms with van der Waals surface area (Å²) in [6.07, 6.45) is 0.350. The highest BCUT2D eigenvalue weighted by Gasteiger charge is 2.09. The molecule has 4 nitrogen and oxygen atoms in total. The van der Waals surface area contributed by atoms with E-state index in [0.717, 1.165) is 0 Å². The van der Waals surface area contributed by atoms with Crippen LogP contribution in [0.2, 0.25) is 0 Å². The zero-order valence-electron chi connectivity index (χ0n) is 7.10. The SMILES string of the molecule is COC(O)c1ccccc1N=C=O. The number of hydrogen-bond acceptors (Lipinski definition) is 4. The van der Waals surface area contributed by atoms with Gasteiger partial charge in [0.1, 0.15) is 0 Å². The van der Waals surface area contributed by atoms with E-state index in [1.807, 2.05) is 0 Å². The number of isocyanates is 1.